The molecule has 0 bridgehead atoms. The van der Waals surface area contributed by atoms with E-state index >= 15 is 0 Å². The van der Waals surface area contributed by atoms with Crippen molar-refractivity contribution in [2.75, 3.05) is 0 Å². The Morgan fingerprint density at radius 1 is 1.24 bits per heavy atom. The van der Waals surface area contributed by atoms with Crippen molar-refractivity contribution in [3.05, 3.63) is 51.2 Å². The van der Waals surface area contributed by atoms with Gasteiger partial charge in [-0.3, -0.25) is 9.78 Å². The van der Waals surface area contributed by atoms with Crippen LogP contribution in [-0.2, 0) is 11.8 Å². The van der Waals surface area contributed by atoms with Crippen molar-refractivity contribution in [2.45, 2.75) is 39.0 Å². The smallest absolute Gasteiger partial charge is 0.208 e. The summed E-state index contributed by atoms with van der Waals surface area (Å²) in [6.07, 6.45) is 7.36. The molecule has 0 unspecified atom stereocenters. The molecular formula is C17H18N2OS. The van der Waals surface area contributed by atoms with Crippen LogP contribution in [0.2, 0.25) is 0 Å². The van der Waals surface area contributed by atoms with Crippen LogP contribution in [0.5, 0.6) is 0 Å². The highest BCUT2D eigenvalue weighted by molar-refractivity contribution is 7.10. The Labute approximate surface area is 128 Å². The molecule has 0 N–H and O–H groups in total. The molecule has 1 aliphatic rings. The summed E-state index contributed by atoms with van der Waals surface area (Å²) < 4.78 is 0. The SMILES string of the molecule is CC(C)(C)c1cncc(/C=C2\CCc3scnc3C2=O)c1. The summed E-state index contributed by atoms with van der Waals surface area (Å²) in [7, 11) is 0. The average molecular weight is 298 g/mol. The van der Waals surface area contributed by atoms with Crippen LogP contribution in [0.3, 0.4) is 0 Å². The predicted octanol–water partition coefficient (Wildman–Crippen LogP) is 4.05. The quantitative estimate of drug-likeness (QED) is 0.746. The molecule has 108 valence electrons. The van der Waals surface area contributed by atoms with E-state index in [1.807, 2.05) is 18.5 Å². The fraction of sp³-hybridized carbons (Fsp3) is 0.353. The van der Waals surface area contributed by atoms with E-state index in [-0.39, 0.29) is 11.2 Å². The van der Waals surface area contributed by atoms with Gasteiger partial charge in [-0.05, 0) is 41.5 Å². The molecule has 2 aromatic rings. The average Bonchev–Trinajstić information content (AvgIpc) is 2.91. The van der Waals surface area contributed by atoms with Crippen LogP contribution in [0, 0.1) is 0 Å². The molecule has 0 spiro atoms. The third-order valence-corrected chi connectivity index (χ3v) is 4.63. The number of hydrogen-bond donors (Lipinski definition) is 0. The second-order valence-corrected chi connectivity index (χ2v) is 7.32. The number of fused-ring (bicyclic) bond motifs is 1. The van der Waals surface area contributed by atoms with Gasteiger partial charge in [-0.2, -0.15) is 0 Å². The van der Waals surface area contributed by atoms with Gasteiger partial charge in [-0.25, -0.2) is 4.98 Å². The van der Waals surface area contributed by atoms with Gasteiger partial charge in [-0.1, -0.05) is 20.8 Å². The Kier molecular flexibility index (Phi) is 3.49. The zero-order valence-corrected chi connectivity index (χ0v) is 13.3. The van der Waals surface area contributed by atoms with Crippen LogP contribution >= 0.6 is 11.3 Å². The Morgan fingerprint density at radius 3 is 2.81 bits per heavy atom. The molecule has 0 radical (unpaired) electrons. The number of aromatic nitrogens is 2. The minimum absolute atomic E-state index is 0.0557. The highest BCUT2D eigenvalue weighted by Crippen LogP contribution is 2.29. The number of ketones is 1. The van der Waals surface area contributed by atoms with Crippen molar-refractivity contribution in [1.82, 2.24) is 9.97 Å². The summed E-state index contributed by atoms with van der Waals surface area (Å²) in [5, 5.41) is 0. The van der Waals surface area contributed by atoms with E-state index in [4.69, 9.17) is 0 Å². The summed E-state index contributed by atoms with van der Waals surface area (Å²) in [5.41, 5.74) is 5.45. The van der Waals surface area contributed by atoms with Crippen molar-refractivity contribution in [2.24, 2.45) is 0 Å². The van der Waals surface area contributed by atoms with Crippen LogP contribution in [-0.4, -0.2) is 15.8 Å². The molecular weight excluding hydrogens is 280 g/mol. The Morgan fingerprint density at radius 2 is 2.05 bits per heavy atom. The number of Topliss-reactive ketones (excluding diaryl/α,β-unsaturated/α-hetero) is 1. The number of rotatable bonds is 1. The number of carbonyl (C=O) groups is 1. The van der Waals surface area contributed by atoms with Crippen LogP contribution in [0.15, 0.2) is 29.5 Å². The van der Waals surface area contributed by atoms with Gasteiger partial charge in [0.1, 0.15) is 5.69 Å². The molecule has 2 aromatic heterocycles. The molecule has 0 saturated carbocycles. The molecule has 4 heteroatoms. The van der Waals surface area contributed by atoms with E-state index < -0.39 is 0 Å². The van der Waals surface area contributed by atoms with Crippen LogP contribution < -0.4 is 0 Å². The van der Waals surface area contributed by atoms with Crippen molar-refractivity contribution in [3.8, 4) is 0 Å². The zero-order valence-electron chi connectivity index (χ0n) is 12.5. The molecule has 0 fully saturated rings. The minimum atomic E-state index is 0.0557. The number of hydrogen-bond acceptors (Lipinski definition) is 4. The van der Waals surface area contributed by atoms with E-state index in [1.165, 1.54) is 5.56 Å². The molecule has 1 aliphatic carbocycles. The number of carbonyl (C=O) groups excluding carboxylic acids is 1. The van der Waals surface area contributed by atoms with Crippen LogP contribution in [0.1, 0.15) is 53.7 Å². The molecule has 2 heterocycles. The third kappa shape index (κ3) is 2.81. The largest absolute Gasteiger partial charge is 0.287 e. The minimum Gasteiger partial charge on any atom is -0.287 e. The molecule has 0 saturated heterocycles. The summed E-state index contributed by atoms with van der Waals surface area (Å²) in [4.78, 5) is 22.0. The van der Waals surface area contributed by atoms with E-state index in [0.717, 1.165) is 28.9 Å². The number of pyridine rings is 1. The number of aryl methyl sites for hydroxylation is 1. The van der Waals surface area contributed by atoms with Gasteiger partial charge in [-0.15, -0.1) is 11.3 Å². The van der Waals surface area contributed by atoms with Gasteiger partial charge in [0.05, 0.1) is 5.51 Å². The second kappa shape index (κ2) is 5.19. The summed E-state index contributed by atoms with van der Waals surface area (Å²) in [6.45, 7) is 6.48. The van der Waals surface area contributed by atoms with Gasteiger partial charge < -0.3 is 0 Å². The lowest BCUT2D eigenvalue weighted by molar-refractivity contribution is 0.102. The Hall–Kier alpha value is -1.81. The number of allylic oxidation sites excluding steroid dienone is 1. The molecule has 0 amide bonds. The lowest BCUT2D eigenvalue weighted by Gasteiger charge is -2.19. The van der Waals surface area contributed by atoms with Gasteiger partial charge in [0.2, 0.25) is 5.78 Å². The maximum absolute atomic E-state index is 12.4. The molecule has 0 atom stereocenters. The maximum Gasteiger partial charge on any atom is 0.208 e. The summed E-state index contributed by atoms with van der Waals surface area (Å²) in [6, 6.07) is 2.11. The van der Waals surface area contributed by atoms with Crippen molar-refractivity contribution < 1.29 is 4.79 Å². The standard InChI is InChI=1S/C17H18N2OS/c1-17(2,3)13-7-11(8-18-9-13)6-12-4-5-14-15(16(12)20)19-10-21-14/h6-10H,4-5H2,1-3H3/b12-6+. The summed E-state index contributed by atoms with van der Waals surface area (Å²) >= 11 is 1.57. The first kappa shape index (κ1) is 14.1. The fourth-order valence-corrected chi connectivity index (χ4v) is 3.19. The van der Waals surface area contributed by atoms with Crippen LogP contribution in [0.25, 0.3) is 6.08 Å². The monoisotopic (exact) mass is 298 g/mol. The molecule has 0 aromatic carbocycles. The van der Waals surface area contributed by atoms with Gasteiger partial charge >= 0.3 is 0 Å². The molecule has 3 nitrogen and oxygen atoms in total. The third-order valence-electron chi connectivity index (χ3n) is 3.74. The predicted molar refractivity (Wildman–Crippen MR) is 85.7 cm³/mol. The zero-order chi connectivity index (χ0) is 15.0. The first-order chi connectivity index (χ1) is 9.95. The van der Waals surface area contributed by atoms with Gasteiger partial charge in [0.15, 0.2) is 0 Å². The van der Waals surface area contributed by atoms with Gasteiger partial charge in [0, 0.05) is 22.8 Å². The van der Waals surface area contributed by atoms with E-state index in [2.05, 4.69) is 36.8 Å². The topological polar surface area (TPSA) is 42.9 Å². The Bertz CT molecular complexity index is 722. The molecule has 0 aliphatic heterocycles. The first-order valence-corrected chi connectivity index (χ1v) is 7.96. The second-order valence-electron chi connectivity index (χ2n) is 6.38. The molecule has 21 heavy (non-hydrogen) atoms. The maximum atomic E-state index is 12.4. The Balaban J connectivity index is 1.95. The normalized spacial score (nSPS) is 17.1. The highest BCUT2D eigenvalue weighted by atomic mass is 32.1. The fourth-order valence-electron chi connectivity index (χ4n) is 2.43. The summed E-state index contributed by atoms with van der Waals surface area (Å²) in [5.74, 6) is 0.0682. The number of thiazole rings is 1. The highest BCUT2D eigenvalue weighted by Gasteiger charge is 2.24. The first-order valence-electron chi connectivity index (χ1n) is 7.08. The lowest BCUT2D eigenvalue weighted by atomic mass is 9.87. The van der Waals surface area contributed by atoms with E-state index in [1.54, 1.807) is 16.8 Å². The van der Waals surface area contributed by atoms with E-state index in [0.29, 0.717) is 5.69 Å². The molecule has 3 rings (SSSR count). The van der Waals surface area contributed by atoms with Gasteiger partial charge in [0.25, 0.3) is 0 Å². The number of nitrogens with zero attached hydrogens (tertiary/aromatic N) is 2. The van der Waals surface area contributed by atoms with Crippen LogP contribution in [0.4, 0.5) is 0 Å². The van der Waals surface area contributed by atoms with Crippen molar-refractivity contribution in [3.63, 3.8) is 0 Å². The van der Waals surface area contributed by atoms with Crippen molar-refractivity contribution >= 4 is 23.2 Å². The van der Waals surface area contributed by atoms with Crippen molar-refractivity contribution in [1.29, 1.82) is 0 Å². The lowest BCUT2D eigenvalue weighted by Crippen LogP contribution is -2.13. The van der Waals surface area contributed by atoms with E-state index in [9.17, 15) is 4.79 Å².